The van der Waals surface area contributed by atoms with Gasteiger partial charge in [0, 0.05) is 36.3 Å². The third-order valence-electron chi connectivity index (χ3n) is 5.69. The van der Waals surface area contributed by atoms with Crippen molar-refractivity contribution in [2.75, 3.05) is 30.4 Å². The first kappa shape index (κ1) is 22.6. The fourth-order valence-corrected chi connectivity index (χ4v) is 3.83. The fraction of sp³-hybridized carbons (Fsp3) is 0.292. The zero-order chi connectivity index (χ0) is 23.4. The first-order valence-corrected chi connectivity index (χ1v) is 10.5. The van der Waals surface area contributed by atoms with E-state index in [9.17, 15) is 18.0 Å². The largest absolute Gasteiger partial charge is 0.497 e. The third-order valence-corrected chi connectivity index (χ3v) is 5.69. The Balaban J connectivity index is 1.37. The Morgan fingerprint density at radius 3 is 2.45 bits per heavy atom. The molecule has 0 atom stereocenters. The molecule has 1 N–H and O–H groups in total. The molecule has 0 spiro atoms. The molecule has 0 saturated carbocycles. The monoisotopic (exact) mass is 456 g/mol. The minimum Gasteiger partial charge on any atom is -0.497 e. The summed E-state index contributed by atoms with van der Waals surface area (Å²) in [5.74, 6) is 0.986. The van der Waals surface area contributed by atoms with Crippen LogP contribution in [0.4, 0.5) is 24.7 Å². The molecular formula is C24H23F3N4O2. The van der Waals surface area contributed by atoms with Gasteiger partial charge in [-0.05, 0) is 55.3 Å². The number of anilines is 2. The lowest BCUT2D eigenvalue weighted by Gasteiger charge is -2.32. The molecule has 172 valence electrons. The standard InChI is InChI=1S/C24H23F3N4O2/c1-33-20-7-5-16(6-8-20)21-14-22(29-15-28-21)31-11-9-17(10-12-31)23(32)30-19-4-2-3-18(13-19)24(25,26)27/h2-8,13-15,17H,9-12H2,1H3,(H,30,32). The molecule has 1 aliphatic heterocycles. The number of benzene rings is 2. The summed E-state index contributed by atoms with van der Waals surface area (Å²) in [6.07, 6.45) is -1.78. The second-order valence-electron chi connectivity index (χ2n) is 7.82. The number of rotatable bonds is 5. The van der Waals surface area contributed by atoms with Crippen LogP contribution in [0.15, 0.2) is 60.9 Å². The smallest absolute Gasteiger partial charge is 0.416 e. The topological polar surface area (TPSA) is 67.3 Å². The number of nitrogens with zero attached hydrogens (tertiary/aromatic N) is 3. The van der Waals surface area contributed by atoms with Crippen molar-refractivity contribution in [1.29, 1.82) is 0 Å². The van der Waals surface area contributed by atoms with Crippen LogP contribution in [0.2, 0.25) is 0 Å². The normalized spacial score (nSPS) is 14.7. The van der Waals surface area contributed by atoms with Gasteiger partial charge in [0.25, 0.3) is 0 Å². The summed E-state index contributed by atoms with van der Waals surface area (Å²) in [6, 6.07) is 14.2. The lowest BCUT2D eigenvalue weighted by Crippen LogP contribution is -2.38. The highest BCUT2D eigenvalue weighted by molar-refractivity contribution is 5.92. The van der Waals surface area contributed by atoms with E-state index in [1.54, 1.807) is 7.11 Å². The molecule has 1 aromatic heterocycles. The lowest BCUT2D eigenvalue weighted by atomic mass is 9.95. The second kappa shape index (κ2) is 9.48. The SMILES string of the molecule is COc1ccc(-c2cc(N3CCC(C(=O)Nc4cccc(C(F)(F)F)c4)CC3)ncn2)cc1. The van der Waals surface area contributed by atoms with Crippen LogP contribution in [0.1, 0.15) is 18.4 Å². The van der Waals surface area contributed by atoms with Crippen molar-refractivity contribution >= 4 is 17.4 Å². The van der Waals surface area contributed by atoms with Crippen LogP contribution in [0.25, 0.3) is 11.3 Å². The summed E-state index contributed by atoms with van der Waals surface area (Å²) in [5, 5.41) is 2.63. The van der Waals surface area contributed by atoms with E-state index in [0.717, 1.165) is 35.0 Å². The van der Waals surface area contributed by atoms with E-state index in [2.05, 4.69) is 20.2 Å². The minimum absolute atomic E-state index is 0.150. The molecule has 6 nitrogen and oxygen atoms in total. The van der Waals surface area contributed by atoms with Gasteiger partial charge in [-0.2, -0.15) is 13.2 Å². The highest BCUT2D eigenvalue weighted by Crippen LogP contribution is 2.31. The van der Waals surface area contributed by atoms with Gasteiger partial charge in [0.1, 0.15) is 17.9 Å². The van der Waals surface area contributed by atoms with Crippen molar-refractivity contribution in [3.63, 3.8) is 0 Å². The molecule has 0 radical (unpaired) electrons. The minimum atomic E-state index is -4.45. The van der Waals surface area contributed by atoms with Gasteiger partial charge in [-0.1, -0.05) is 6.07 Å². The van der Waals surface area contributed by atoms with E-state index < -0.39 is 11.7 Å². The number of nitrogens with one attached hydrogen (secondary N) is 1. The zero-order valence-electron chi connectivity index (χ0n) is 18.0. The molecule has 4 rings (SSSR count). The Kier molecular flexibility index (Phi) is 6.48. The van der Waals surface area contributed by atoms with E-state index >= 15 is 0 Å². The van der Waals surface area contributed by atoms with Crippen molar-refractivity contribution in [3.05, 3.63) is 66.5 Å². The Hall–Kier alpha value is -3.62. The number of carbonyl (C=O) groups excluding carboxylic acids is 1. The summed E-state index contributed by atoms with van der Waals surface area (Å²) in [5.41, 5.74) is 1.09. The van der Waals surface area contributed by atoms with Gasteiger partial charge in [0.05, 0.1) is 18.4 Å². The summed E-state index contributed by atoms with van der Waals surface area (Å²) in [7, 11) is 1.61. The Morgan fingerprint density at radius 2 is 1.79 bits per heavy atom. The highest BCUT2D eigenvalue weighted by atomic mass is 19.4. The maximum absolute atomic E-state index is 12.9. The number of hydrogen-bond donors (Lipinski definition) is 1. The first-order valence-electron chi connectivity index (χ1n) is 10.5. The Morgan fingerprint density at radius 1 is 1.06 bits per heavy atom. The van der Waals surface area contributed by atoms with Crippen LogP contribution in [0.3, 0.4) is 0 Å². The van der Waals surface area contributed by atoms with Crippen LogP contribution in [-0.2, 0) is 11.0 Å². The van der Waals surface area contributed by atoms with Crippen molar-refractivity contribution in [3.8, 4) is 17.0 Å². The maximum Gasteiger partial charge on any atom is 0.416 e. The number of halogens is 3. The van der Waals surface area contributed by atoms with Crippen molar-refractivity contribution < 1.29 is 22.7 Å². The molecule has 0 bridgehead atoms. The molecule has 1 amide bonds. The number of carbonyl (C=O) groups is 1. The molecule has 3 aromatic rings. The highest BCUT2D eigenvalue weighted by Gasteiger charge is 2.31. The average molecular weight is 456 g/mol. The predicted octanol–water partition coefficient (Wildman–Crippen LogP) is 5.03. The Labute approximate surface area is 189 Å². The maximum atomic E-state index is 12.9. The van der Waals surface area contributed by atoms with Gasteiger partial charge in [0.2, 0.25) is 5.91 Å². The number of hydrogen-bond acceptors (Lipinski definition) is 5. The van der Waals surface area contributed by atoms with Gasteiger partial charge < -0.3 is 15.0 Å². The van der Waals surface area contributed by atoms with E-state index in [1.807, 2.05) is 30.3 Å². The number of methoxy groups -OCH3 is 1. The molecule has 1 saturated heterocycles. The number of alkyl halides is 3. The average Bonchev–Trinajstić information content (AvgIpc) is 2.84. The second-order valence-corrected chi connectivity index (χ2v) is 7.82. The number of ether oxygens (including phenoxy) is 1. The molecule has 33 heavy (non-hydrogen) atoms. The first-order chi connectivity index (χ1) is 15.8. The molecule has 1 fully saturated rings. The van der Waals surface area contributed by atoms with Gasteiger partial charge >= 0.3 is 6.18 Å². The van der Waals surface area contributed by atoms with E-state index in [0.29, 0.717) is 25.9 Å². The molecule has 2 heterocycles. The van der Waals surface area contributed by atoms with Gasteiger partial charge in [-0.25, -0.2) is 9.97 Å². The van der Waals surface area contributed by atoms with Crippen LogP contribution in [0.5, 0.6) is 5.75 Å². The predicted molar refractivity (Wildman–Crippen MR) is 119 cm³/mol. The number of piperidine rings is 1. The summed E-state index contributed by atoms with van der Waals surface area (Å²) < 4.78 is 43.9. The number of amides is 1. The van der Waals surface area contributed by atoms with Crippen molar-refractivity contribution in [2.24, 2.45) is 5.92 Å². The third kappa shape index (κ3) is 5.42. The zero-order valence-corrected chi connectivity index (χ0v) is 18.0. The molecular weight excluding hydrogens is 433 g/mol. The summed E-state index contributed by atoms with van der Waals surface area (Å²) in [4.78, 5) is 23.4. The van der Waals surface area contributed by atoms with Crippen LogP contribution < -0.4 is 15.0 Å². The fourth-order valence-electron chi connectivity index (χ4n) is 3.83. The molecule has 1 aliphatic rings. The molecule has 0 aliphatic carbocycles. The van der Waals surface area contributed by atoms with Gasteiger partial charge in [0.15, 0.2) is 0 Å². The van der Waals surface area contributed by atoms with Crippen LogP contribution in [0, 0.1) is 5.92 Å². The lowest BCUT2D eigenvalue weighted by molar-refractivity contribution is -0.137. The van der Waals surface area contributed by atoms with Gasteiger partial charge in [-0.3, -0.25) is 4.79 Å². The molecule has 0 unspecified atom stereocenters. The van der Waals surface area contributed by atoms with E-state index in [4.69, 9.17) is 4.74 Å². The summed E-state index contributed by atoms with van der Waals surface area (Å²) >= 11 is 0. The van der Waals surface area contributed by atoms with E-state index in [-0.39, 0.29) is 17.5 Å². The summed E-state index contributed by atoms with van der Waals surface area (Å²) in [6.45, 7) is 1.22. The van der Waals surface area contributed by atoms with Crippen molar-refractivity contribution in [1.82, 2.24) is 9.97 Å². The van der Waals surface area contributed by atoms with Gasteiger partial charge in [-0.15, -0.1) is 0 Å². The molecule has 9 heteroatoms. The molecule has 2 aromatic carbocycles. The quantitative estimate of drug-likeness (QED) is 0.584. The Bertz CT molecular complexity index is 1110. The van der Waals surface area contributed by atoms with E-state index in [1.165, 1.54) is 18.5 Å². The van der Waals surface area contributed by atoms with Crippen LogP contribution in [-0.4, -0.2) is 36.1 Å². The number of aromatic nitrogens is 2. The van der Waals surface area contributed by atoms with Crippen molar-refractivity contribution in [2.45, 2.75) is 19.0 Å². The van der Waals surface area contributed by atoms with Crippen LogP contribution >= 0.6 is 0 Å².